The predicted molar refractivity (Wildman–Crippen MR) is 107 cm³/mol. The Morgan fingerprint density at radius 2 is 2.04 bits per heavy atom. The van der Waals surface area contributed by atoms with Crippen LogP contribution in [0.4, 0.5) is 13.2 Å². The molecule has 3 rings (SSSR count). The van der Waals surface area contributed by atoms with Gasteiger partial charge >= 0.3 is 6.18 Å². The minimum absolute atomic E-state index is 0.360. The van der Waals surface area contributed by atoms with E-state index in [2.05, 4.69) is 25.5 Å². The van der Waals surface area contributed by atoms with E-state index in [4.69, 9.17) is 0 Å². The summed E-state index contributed by atoms with van der Waals surface area (Å²) in [5, 5.41) is 8.26. The molecule has 2 N–H and O–H groups in total. The minimum Gasteiger partial charge on any atom is -0.356 e. The van der Waals surface area contributed by atoms with Gasteiger partial charge in [-0.25, -0.2) is 4.98 Å². The first kappa shape index (κ1) is 21.4. The van der Waals surface area contributed by atoms with Crippen LogP contribution in [0.5, 0.6) is 0 Å². The van der Waals surface area contributed by atoms with E-state index >= 15 is 0 Å². The minimum atomic E-state index is -4.37. The topological polar surface area (TPSA) is 52.6 Å². The molecular weight excluding hydrogens is 387 g/mol. The normalized spacial score (nSPS) is 23.0. The summed E-state index contributed by atoms with van der Waals surface area (Å²) in [5.41, 5.74) is -0.806. The second-order valence-corrected chi connectivity index (χ2v) is 8.59. The van der Waals surface area contributed by atoms with Crippen LogP contribution in [0.15, 0.2) is 10.4 Å². The molecule has 28 heavy (non-hydrogen) atoms. The number of hydrogen-bond acceptors (Lipinski definition) is 4. The molecule has 1 saturated heterocycles. The van der Waals surface area contributed by atoms with E-state index in [1.165, 1.54) is 45.1 Å². The van der Waals surface area contributed by atoms with Gasteiger partial charge in [-0.15, -0.1) is 11.3 Å². The zero-order valence-corrected chi connectivity index (χ0v) is 17.2. The van der Waals surface area contributed by atoms with Crippen molar-refractivity contribution in [1.82, 2.24) is 20.5 Å². The van der Waals surface area contributed by atoms with E-state index in [0.29, 0.717) is 30.0 Å². The van der Waals surface area contributed by atoms with E-state index in [-0.39, 0.29) is 0 Å². The largest absolute Gasteiger partial charge is 0.434 e. The van der Waals surface area contributed by atoms with Crippen LogP contribution in [-0.2, 0) is 12.6 Å². The standard InChI is InChI=1S/C19H30F3N5S/c1-23-18(24-10-9-17-26-16(13-28-17)19(20,21)22)25-14-6-5-11-27(12-14)15-7-3-2-4-8-15/h13-15H,2-12H2,1H3,(H2,23,24,25). The van der Waals surface area contributed by atoms with Crippen LogP contribution in [0.1, 0.15) is 55.6 Å². The number of thiazole rings is 1. The van der Waals surface area contributed by atoms with Crippen molar-refractivity contribution in [1.29, 1.82) is 0 Å². The van der Waals surface area contributed by atoms with E-state index in [0.717, 1.165) is 35.7 Å². The lowest BCUT2D eigenvalue weighted by Gasteiger charge is -2.40. The van der Waals surface area contributed by atoms with Crippen molar-refractivity contribution in [3.63, 3.8) is 0 Å². The Morgan fingerprint density at radius 1 is 1.25 bits per heavy atom. The molecule has 0 bridgehead atoms. The molecule has 2 aliphatic rings. The summed E-state index contributed by atoms with van der Waals surface area (Å²) in [5.74, 6) is 0.711. The lowest BCUT2D eigenvalue weighted by molar-refractivity contribution is -0.140. The molecule has 1 saturated carbocycles. The zero-order valence-electron chi connectivity index (χ0n) is 16.4. The molecule has 0 spiro atoms. The van der Waals surface area contributed by atoms with Crippen LogP contribution in [0.2, 0.25) is 0 Å². The summed E-state index contributed by atoms with van der Waals surface area (Å²) in [6.07, 6.45) is 5.05. The molecular formula is C19H30F3N5S. The quantitative estimate of drug-likeness (QED) is 0.567. The third-order valence-electron chi connectivity index (χ3n) is 5.58. The third-order valence-corrected chi connectivity index (χ3v) is 6.49. The van der Waals surface area contributed by atoms with Gasteiger partial charge in [-0.1, -0.05) is 19.3 Å². The summed E-state index contributed by atoms with van der Waals surface area (Å²) in [7, 11) is 1.72. The molecule has 1 aliphatic heterocycles. The molecule has 0 aromatic carbocycles. The number of nitrogens with one attached hydrogen (secondary N) is 2. The van der Waals surface area contributed by atoms with E-state index in [1.807, 2.05) is 0 Å². The van der Waals surface area contributed by atoms with Gasteiger partial charge in [0.1, 0.15) is 0 Å². The molecule has 9 heteroatoms. The second-order valence-electron chi connectivity index (χ2n) is 7.64. The number of aliphatic imine (C=N–C) groups is 1. The highest BCUT2D eigenvalue weighted by atomic mass is 32.1. The van der Waals surface area contributed by atoms with Crippen LogP contribution >= 0.6 is 11.3 Å². The molecule has 1 aromatic heterocycles. The van der Waals surface area contributed by atoms with E-state index in [1.54, 1.807) is 7.05 Å². The number of likely N-dealkylation sites (tertiary alicyclic amines) is 1. The monoisotopic (exact) mass is 417 g/mol. The highest BCUT2D eigenvalue weighted by Gasteiger charge is 2.33. The number of guanidine groups is 1. The number of nitrogens with zero attached hydrogens (tertiary/aromatic N) is 3. The lowest BCUT2D eigenvalue weighted by atomic mass is 9.92. The summed E-state index contributed by atoms with van der Waals surface area (Å²) < 4.78 is 37.9. The van der Waals surface area contributed by atoms with Crippen molar-refractivity contribution < 1.29 is 13.2 Å². The summed E-state index contributed by atoms with van der Waals surface area (Å²) in [6.45, 7) is 2.72. The van der Waals surface area contributed by atoms with Gasteiger partial charge in [-0.2, -0.15) is 13.2 Å². The van der Waals surface area contributed by atoms with Crippen molar-refractivity contribution in [3.8, 4) is 0 Å². The van der Waals surface area contributed by atoms with Gasteiger partial charge in [0.05, 0.1) is 5.01 Å². The van der Waals surface area contributed by atoms with Gasteiger partial charge in [0.15, 0.2) is 11.7 Å². The molecule has 2 heterocycles. The Morgan fingerprint density at radius 3 is 2.71 bits per heavy atom. The first-order chi connectivity index (χ1) is 13.5. The molecule has 0 amide bonds. The van der Waals surface area contributed by atoms with Gasteiger partial charge in [-0.3, -0.25) is 9.89 Å². The first-order valence-corrected chi connectivity index (χ1v) is 11.1. The third kappa shape index (κ3) is 6.07. The molecule has 158 valence electrons. The Balaban J connectivity index is 1.43. The van der Waals surface area contributed by atoms with E-state index < -0.39 is 11.9 Å². The smallest absolute Gasteiger partial charge is 0.356 e. The highest BCUT2D eigenvalue weighted by molar-refractivity contribution is 7.09. The highest BCUT2D eigenvalue weighted by Crippen LogP contribution is 2.30. The van der Waals surface area contributed by atoms with E-state index in [9.17, 15) is 13.2 Å². The molecule has 2 fully saturated rings. The number of hydrogen-bond donors (Lipinski definition) is 2. The maximum absolute atomic E-state index is 12.6. The summed E-state index contributed by atoms with van der Waals surface area (Å²) in [6, 6.07) is 1.08. The SMILES string of the molecule is CN=C(NCCc1nc(C(F)(F)F)cs1)NC1CCCN(C2CCCCC2)C1. The summed E-state index contributed by atoms with van der Waals surface area (Å²) >= 11 is 1.05. The van der Waals surface area contributed by atoms with Gasteiger partial charge in [-0.05, 0) is 32.2 Å². The van der Waals surface area contributed by atoms with Crippen LogP contribution < -0.4 is 10.6 Å². The Kier molecular flexibility index (Phi) is 7.56. The number of aromatic nitrogens is 1. The van der Waals surface area contributed by atoms with Crippen molar-refractivity contribution in [2.24, 2.45) is 4.99 Å². The van der Waals surface area contributed by atoms with Crippen molar-refractivity contribution in [2.45, 2.75) is 69.6 Å². The molecule has 1 unspecified atom stereocenters. The average Bonchev–Trinajstić information content (AvgIpc) is 3.17. The van der Waals surface area contributed by atoms with Crippen LogP contribution in [0.25, 0.3) is 0 Å². The molecule has 1 aliphatic carbocycles. The lowest BCUT2D eigenvalue weighted by Crippen LogP contribution is -2.53. The number of alkyl halides is 3. The van der Waals surface area contributed by atoms with Crippen molar-refractivity contribution in [2.75, 3.05) is 26.7 Å². The second kappa shape index (κ2) is 9.91. The Hall–Kier alpha value is -1.35. The number of rotatable bonds is 5. The Labute approximate surface area is 168 Å². The average molecular weight is 418 g/mol. The van der Waals surface area contributed by atoms with Crippen LogP contribution in [0.3, 0.4) is 0 Å². The van der Waals surface area contributed by atoms with Crippen LogP contribution in [0, 0.1) is 0 Å². The number of piperidine rings is 1. The van der Waals surface area contributed by atoms with Crippen molar-refractivity contribution in [3.05, 3.63) is 16.1 Å². The molecule has 1 aromatic rings. The Bertz CT molecular complexity index is 640. The van der Waals surface area contributed by atoms with Crippen molar-refractivity contribution >= 4 is 17.3 Å². The fraction of sp³-hybridized carbons (Fsp3) is 0.789. The predicted octanol–water partition coefficient (Wildman–Crippen LogP) is 3.67. The van der Waals surface area contributed by atoms with Gasteiger partial charge in [0, 0.05) is 44.0 Å². The molecule has 0 radical (unpaired) electrons. The fourth-order valence-corrected chi connectivity index (χ4v) is 4.94. The first-order valence-electron chi connectivity index (χ1n) is 10.2. The van der Waals surface area contributed by atoms with Gasteiger partial charge in [0.25, 0.3) is 0 Å². The maximum atomic E-state index is 12.6. The van der Waals surface area contributed by atoms with Gasteiger partial charge < -0.3 is 10.6 Å². The zero-order chi connectivity index (χ0) is 20.0. The van der Waals surface area contributed by atoms with Gasteiger partial charge in [0.2, 0.25) is 0 Å². The van der Waals surface area contributed by atoms with Crippen LogP contribution in [-0.4, -0.2) is 54.6 Å². The molecule has 5 nitrogen and oxygen atoms in total. The maximum Gasteiger partial charge on any atom is 0.434 e. The molecule has 1 atom stereocenters. The number of halogens is 3. The fourth-order valence-electron chi connectivity index (χ4n) is 4.13. The summed E-state index contributed by atoms with van der Waals surface area (Å²) in [4.78, 5) is 10.6.